The molecule has 0 fully saturated rings. The van der Waals surface area contributed by atoms with Crippen molar-refractivity contribution in [1.82, 2.24) is 9.88 Å². The third-order valence-electron chi connectivity index (χ3n) is 5.12. The van der Waals surface area contributed by atoms with Gasteiger partial charge in [-0.05, 0) is 17.2 Å². The van der Waals surface area contributed by atoms with Crippen LogP contribution < -0.4 is 0 Å². The summed E-state index contributed by atoms with van der Waals surface area (Å²) in [5.74, 6) is -0.942. The number of esters is 1. The van der Waals surface area contributed by atoms with Gasteiger partial charge < -0.3 is 14.6 Å². The number of nitrogens with zero attached hydrogens (tertiary/aromatic N) is 1. The molecule has 3 aromatic rings. The van der Waals surface area contributed by atoms with Crippen LogP contribution in [0.5, 0.6) is 0 Å². The first kappa shape index (κ1) is 17.6. The van der Waals surface area contributed by atoms with Crippen LogP contribution in [0, 0.1) is 0 Å². The molecule has 1 aliphatic heterocycles. The van der Waals surface area contributed by atoms with Gasteiger partial charge in [0.25, 0.3) is 0 Å². The number of aromatic amines is 1. The Labute approximate surface area is 161 Å². The number of para-hydroxylation sites is 1. The van der Waals surface area contributed by atoms with E-state index in [1.165, 1.54) is 7.11 Å². The van der Waals surface area contributed by atoms with E-state index in [9.17, 15) is 9.59 Å². The lowest BCUT2D eigenvalue weighted by Crippen LogP contribution is -2.52. The fourth-order valence-corrected chi connectivity index (χ4v) is 4.11. The molecule has 0 saturated heterocycles. The van der Waals surface area contributed by atoms with Gasteiger partial charge in [0.1, 0.15) is 11.9 Å². The van der Waals surface area contributed by atoms with Crippen LogP contribution >= 0.6 is 11.6 Å². The number of nitrogens with one attached hydrogen (secondary N) is 1. The summed E-state index contributed by atoms with van der Waals surface area (Å²) in [6.45, 7) is 0. The number of carbonyl (C=O) groups excluding carboxylic acids is 2. The van der Waals surface area contributed by atoms with Gasteiger partial charge >= 0.3 is 5.97 Å². The molecule has 5 nitrogen and oxygen atoms in total. The number of amides is 1. The normalized spacial score (nSPS) is 19.0. The summed E-state index contributed by atoms with van der Waals surface area (Å²) in [5.41, 5.74) is 3.85. The highest BCUT2D eigenvalue weighted by Gasteiger charge is 2.43. The van der Waals surface area contributed by atoms with Crippen molar-refractivity contribution in [3.63, 3.8) is 0 Å². The average molecular weight is 383 g/mol. The molecule has 1 amide bonds. The first-order chi connectivity index (χ1) is 13.2. The van der Waals surface area contributed by atoms with Gasteiger partial charge in [-0.2, -0.15) is 0 Å². The van der Waals surface area contributed by atoms with Crippen molar-refractivity contribution in [3.05, 3.63) is 71.4 Å². The van der Waals surface area contributed by atoms with Gasteiger partial charge in [0, 0.05) is 23.0 Å². The number of rotatable bonds is 3. The summed E-state index contributed by atoms with van der Waals surface area (Å²) in [5, 5.41) is 1.06. The van der Waals surface area contributed by atoms with E-state index < -0.39 is 18.1 Å². The SMILES string of the molecule is COC(=O)[C@H]1Cc2c([nH]c3ccccc23)[C@@H](c2ccccc2)N1C(=O)CCl. The van der Waals surface area contributed by atoms with Gasteiger partial charge in [-0.3, -0.25) is 4.79 Å². The van der Waals surface area contributed by atoms with Gasteiger partial charge in [-0.15, -0.1) is 11.6 Å². The molecule has 1 N–H and O–H groups in total. The molecule has 0 spiro atoms. The van der Waals surface area contributed by atoms with E-state index in [4.69, 9.17) is 16.3 Å². The van der Waals surface area contributed by atoms with Crippen molar-refractivity contribution >= 4 is 34.4 Å². The second kappa shape index (κ2) is 7.08. The minimum atomic E-state index is -0.724. The van der Waals surface area contributed by atoms with Crippen molar-refractivity contribution in [2.24, 2.45) is 0 Å². The number of hydrogen-bond donors (Lipinski definition) is 1. The van der Waals surface area contributed by atoms with E-state index in [-0.39, 0.29) is 11.8 Å². The van der Waals surface area contributed by atoms with E-state index in [0.29, 0.717) is 6.42 Å². The van der Waals surface area contributed by atoms with Gasteiger partial charge in [0.15, 0.2) is 0 Å². The predicted octanol–water partition coefficient (Wildman–Crippen LogP) is 3.42. The van der Waals surface area contributed by atoms with Crippen molar-refractivity contribution < 1.29 is 14.3 Å². The Morgan fingerprint density at radius 2 is 1.85 bits per heavy atom. The minimum Gasteiger partial charge on any atom is -0.467 e. The van der Waals surface area contributed by atoms with Crippen LogP contribution in [-0.2, 0) is 20.7 Å². The third kappa shape index (κ3) is 2.88. The molecule has 1 aromatic heterocycles. The van der Waals surface area contributed by atoms with Crippen molar-refractivity contribution in [2.45, 2.75) is 18.5 Å². The van der Waals surface area contributed by atoms with Gasteiger partial charge in [-0.25, -0.2) is 4.79 Å². The fourth-order valence-electron chi connectivity index (χ4n) is 3.97. The Bertz CT molecular complexity index is 999. The Balaban J connectivity index is 1.98. The van der Waals surface area contributed by atoms with E-state index in [1.807, 2.05) is 54.6 Å². The standard InChI is InChI=1S/C21H19ClN2O3/c1-27-21(26)17-11-15-14-9-5-6-10-16(14)23-19(15)20(24(17)18(25)12-22)13-7-3-2-4-8-13/h2-10,17,20,23H,11-12H2,1H3/t17-,20-/m1/s1. The van der Waals surface area contributed by atoms with Crippen LogP contribution in [0.4, 0.5) is 0 Å². The third-order valence-corrected chi connectivity index (χ3v) is 5.35. The highest BCUT2D eigenvalue weighted by molar-refractivity contribution is 6.27. The lowest BCUT2D eigenvalue weighted by atomic mass is 9.88. The van der Waals surface area contributed by atoms with Crippen LogP contribution in [0.15, 0.2) is 54.6 Å². The summed E-state index contributed by atoms with van der Waals surface area (Å²) in [4.78, 5) is 30.4. The smallest absolute Gasteiger partial charge is 0.328 e. The van der Waals surface area contributed by atoms with Crippen LogP contribution in [-0.4, -0.2) is 40.8 Å². The molecule has 2 atom stereocenters. The van der Waals surface area contributed by atoms with E-state index in [2.05, 4.69) is 4.98 Å². The zero-order valence-corrected chi connectivity index (χ0v) is 15.6. The summed E-state index contributed by atoms with van der Waals surface area (Å²) in [7, 11) is 1.34. The van der Waals surface area contributed by atoms with E-state index in [1.54, 1.807) is 4.90 Å². The monoisotopic (exact) mass is 382 g/mol. The Morgan fingerprint density at radius 1 is 1.15 bits per heavy atom. The molecular formula is C21H19ClN2O3. The highest BCUT2D eigenvalue weighted by Crippen LogP contribution is 2.41. The number of aromatic nitrogens is 1. The molecule has 6 heteroatoms. The lowest BCUT2D eigenvalue weighted by molar-refractivity contribution is -0.154. The number of fused-ring (bicyclic) bond motifs is 3. The zero-order valence-electron chi connectivity index (χ0n) is 14.8. The highest BCUT2D eigenvalue weighted by atomic mass is 35.5. The largest absolute Gasteiger partial charge is 0.467 e. The Hall–Kier alpha value is -2.79. The molecule has 4 rings (SSSR count). The zero-order chi connectivity index (χ0) is 19.0. The van der Waals surface area contributed by atoms with Crippen molar-refractivity contribution in [2.75, 3.05) is 13.0 Å². The summed E-state index contributed by atoms with van der Waals surface area (Å²) in [6, 6.07) is 16.5. The van der Waals surface area contributed by atoms with Crippen LogP contribution in [0.2, 0.25) is 0 Å². The molecule has 0 saturated carbocycles. The Kier molecular flexibility index (Phi) is 4.62. The number of benzene rings is 2. The number of ether oxygens (including phenoxy) is 1. The molecule has 0 aliphatic carbocycles. The number of methoxy groups -OCH3 is 1. The molecule has 27 heavy (non-hydrogen) atoms. The summed E-state index contributed by atoms with van der Waals surface area (Å²) >= 11 is 5.90. The number of H-pyrrole nitrogens is 1. The average Bonchev–Trinajstić information content (AvgIpc) is 3.10. The molecule has 2 heterocycles. The molecule has 0 unspecified atom stereocenters. The quantitative estimate of drug-likeness (QED) is 0.557. The molecule has 0 radical (unpaired) electrons. The Morgan fingerprint density at radius 3 is 2.56 bits per heavy atom. The van der Waals surface area contributed by atoms with Crippen LogP contribution in [0.1, 0.15) is 22.9 Å². The number of hydrogen-bond acceptors (Lipinski definition) is 3. The summed E-state index contributed by atoms with van der Waals surface area (Å²) < 4.78 is 5.02. The second-order valence-corrected chi connectivity index (χ2v) is 6.82. The van der Waals surface area contributed by atoms with E-state index >= 15 is 0 Å². The maximum Gasteiger partial charge on any atom is 0.328 e. The van der Waals surface area contributed by atoms with Gasteiger partial charge in [0.05, 0.1) is 13.2 Å². The minimum absolute atomic E-state index is 0.202. The molecule has 138 valence electrons. The lowest BCUT2D eigenvalue weighted by Gasteiger charge is -2.40. The van der Waals surface area contributed by atoms with Crippen molar-refractivity contribution in [3.8, 4) is 0 Å². The number of halogens is 1. The molecule has 1 aliphatic rings. The second-order valence-electron chi connectivity index (χ2n) is 6.55. The first-order valence-electron chi connectivity index (χ1n) is 8.75. The fraction of sp³-hybridized carbons (Fsp3) is 0.238. The maximum absolute atomic E-state index is 12.8. The van der Waals surface area contributed by atoms with Crippen LogP contribution in [0.25, 0.3) is 10.9 Å². The van der Waals surface area contributed by atoms with Gasteiger partial charge in [0.2, 0.25) is 5.91 Å². The maximum atomic E-state index is 12.8. The molecular weight excluding hydrogens is 364 g/mol. The molecule has 0 bridgehead atoms. The van der Waals surface area contributed by atoms with E-state index in [0.717, 1.165) is 27.7 Å². The van der Waals surface area contributed by atoms with Crippen LogP contribution in [0.3, 0.4) is 0 Å². The predicted molar refractivity (Wildman–Crippen MR) is 104 cm³/mol. The first-order valence-corrected chi connectivity index (χ1v) is 9.28. The van der Waals surface area contributed by atoms with Gasteiger partial charge in [-0.1, -0.05) is 48.5 Å². The van der Waals surface area contributed by atoms with Crippen molar-refractivity contribution in [1.29, 1.82) is 0 Å². The summed E-state index contributed by atoms with van der Waals surface area (Å²) in [6.07, 6.45) is 0.387. The topological polar surface area (TPSA) is 62.4 Å². The number of alkyl halides is 1. The number of carbonyl (C=O) groups is 2. The molecule has 2 aromatic carbocycles.